The minimum atomic E-state index is -2.86. The Kier molecular flexibility index (Phi) is 5.68. The molecule has 5 nitrogen and oxygen atoms in total. The van der Waals surface area contributed by atoms with Gasteiger partial charge in [-0.25, -0.2) is 0 Å². The Morgan fingerprint density at radius 3 is 2.68 bits per heavy atom. The molecule has 2 rings (SSSR count). The number of hydrogen-bond donors (Lipinski definition) is 1. The van der Waals surface area contributed by atoms with Crippen LogP contribution in [0.15, 0.2) is 24.3 Å². The Labute approximate surface area is 128 Å². The fourth-order valence-electron chi connectivity index (χ4n) is 2.64. The van der Waals surface area contributed by atoms with Gasteiger partial charge in [-0.15, -0.1) is 0 Å². The van der Waals surface area contributed by atoms with Crippen LogP contribution >= 0.6 is 0 Å². The van der Waals surface area contributed by atoms with E-state index in [-0.39, 0.29) is 24.3 Å². The molecule has 1 fully saturated rings. The number of amides is 1. The average Bonchev–Trinajstić information content (AvgIpc) is 2.48. The van der Waals surface area contributed by atoms with Crippen molar-refractivity contribution < 1.29 is 23.4 Å². The Morgan fingerprint density at radius 2 is 2.09 bits per heavy atom. The van der Waals surface area contributed by atoms with E-state index in [0.29, 0.717) is 18.8 Å². The largest absolute Gasteiger partial charge is 0.435 e. The molecule has 1 atom stereocenters. The number of alkyl halides is 2. The fourth-order valence-corrected chi connectivity index (χ4v) is 2.64. The zero-order chi connectivity index (χ0) is 16.1. The first-order chi connectivity index (χ1) is 10.5. The predicted octanol–water partition coefficient (Wildman–Crippen LogP) is 1.71. The van der Waals surface area contributed by atoms with Gasteiger partial charge in [0.15, 0.2) is 0 Å². The van der Waals surface area contributed by atoms with Gasteiger partial charge in [0.05, 0.1) is 12.6 Å². The Bertz CT molecular complexity index is 496. The fraction of sp³-hybridized carbons (Fsp3) is 0.533. The molecule has 22 heavy (non-hydrogen) atoms. The van der Waals surface area contributed by atoms with Crippen molar-refractivity contribution in [1.82, 2.24) is 4.90 Å². The van der Waals surface area contributed by atoms with Gasteiger partial charge in [0.25, 0.3) is 0 Å². The van der Waals surface area contributed by atoms with E-state index in [1.807, 2.05) is 11.9 Å². The van der Waals surface area contributed by atoms with Crippen LogP contribution in [0.5, 0.6) is 5.75 Å². The minimum Gasteiger partial charge on any atom is -0.435 e. The molecule has 0 spiro atoms. The van der Waals surface area contributed by atoms with Crippen LogP contribution in [0, 0.1) is 0 Å². The van der Waals surface area contributed by atoms with Crippen LogP contribution in [-0.2, 0) is 4.79 Å². The van der Waals surface area contributed by atoms with E-state index in [4.69, 9.17) is 5.11 Å². The molecule has 1 N–H and O–H groups in total. The molecule has 0 aliphatic carbocycles. The topological polar surface area (TPSA) is 53.0 Å². The summed E-state index contributed by atoms with van der Waals surface area (Å²) in [6.45, 7) is -1.83. The Balaban J connectivity index is 2.09. The predicted molar refractivity (Wildman–Crippen MR) is 78.2 cm³/mol. The van der Waals surface area contributed by atoms with Gasteiger partial charge in [0, 0.05) is 18.8 Å². The van der Waals surface area contributed by atoms with E-state index in [0.717, 1.165) is 12.8 Å². The number of halogens is 2. The van der Waals surface area contributed by atoms with Gasteiger partial charge in [-0.1, -0.05) is 0 Å². The van der Waals surface area contributed by atoms with Crippen LogP contribution in [0.2, 0.25) is 0 Å². The molecular formula is C15H20F2N2O3. The quantitative estimate of drug-likeness (QED) is 0.868. The highest BCUT2D eigenvalue weighted by atomic mass is 19.3. The summed E-state index contributed by atoms with van der Waals surface area (Å²) >= 11 is 0. The second-order valence-corrected chi connectivity index (χ2v) is 5.22. The number of benzene rings is 1. The van der Waals surface area contributed by atoms with Gasteiger partial charge in [-0.3, -0.25) is 9.69 Å². The maximum Gasteiger partial charge on any atom is 0.387 e. The number of likely N-dealkylation sites (N-methyl/N-ethyl adjacent to an activating group) is 1. The number of piperidine rings is 1. The first kappa shape index (κ1) is 16.6. The van der Waals surface area contributed by atoms with Gasteiger partial charge in [-0.05, 0) is 44.2 Å². The van der Waals surface area contributed by atoms with Crippen LogP contribution < -0.4 is 9.64 Å². The molecule has 1 aromatic carbocycles. The van der Waals surface area contributed by atoms with E-state index in [1.165, 1.54) is 12.1 Å². The van der Waals surface area contributed by atoms with Gasteiger partial charge in [0.1, 0.15) is 5.75 Å². The summed E-state index contributed by atoms with van der Waals surface area (Å²) in [6, 6.07) is 5.79. The highest BCUT2D eigenvalue weighted by Crippen LogP contribution is 2.25. The summed E-state index contributed by atoms with van der Waals surface area (Å²) in [7, 11) is 1.81. The van der Waals surface area contributed by atoms with Crippen LogP contribution in [0.4, 0.5) is 14.5 Å². The monoisotopic (exact) mass is 314 g/mol. The third-order valence-electron chi connectivity index (χ3n) is 3.77. The number of ether oxygens (including phenoxy) is 1. The van der Waals surface area contributed by atoms with Gasteiger partial charge >= 0.3 is 6.61 Å². The van der Waals surface area contributed by atoms with Gasteiger partial charge < -0.3 is 14.7 Å². The Hall–Kier alpha value is -1.73. The summed E-state index contributed by atoms with van der Waals surface area (Å²) < 4.78 is 28.6. The zero-order valence-corrected chi connectivity index (χ0v) is 12.4. The molecule has 1 amide bonds. The second kappa shape index (κ2) is 7.51. The van der Waals surface area contributed by atoms with Gasteiger partial charge in [-0.2, -0.15) is 8.78 Å². The van der Waals surface area contributed by atoms with Crippen molar-refractivity contribution in [3.8, 4) is 5.75 Å². The van der Waals surface area contributed by atoms with Crippen LogP contribution in [-0.4, -0.2) is 55.3 Å². The number of anilines is 1. The minimum absolute atomic E-state index is 0.0000555. The normalized spacial score (nSPS) is 19.1. The molecule has 1 aliphatic rings. The summed E-state index contributed by atoms with van der Waals surface area (Å²) in [4.78, 5) is 16.0. The standard InChI is InChI=1S/C15H20F2N2O3/c1-18(9-10-20)13-3-2-8-19(14(13)21)11-4-6-12(7-5-11)22-15(16)17/h4-7,13,15,20H,2-3,8-10H2,1H3. The van der Waals surface area contributed by atoms with Gasteiger partial charge in [0.2, 0.25) is 5.91 Å². The highest BCUT2D eigenvalue weighted by Gasteiger charge is 2.32. The van der Waals surface area contributed by atoms with Crippen molar-refractivity contribution >= 4 is 11.6 Å². The lowest BCUT2D eigenvalue weighted by Crippen LogP contribution is -2.52. The van der Waals surface area contributed by atoms with Crippen molar-refractivity contribution in [2.24, 2.45) is 0 Å². The van der Waals surface area contributed by atoms with E-state index in [9.17, 15) is 13.6 Å². The number of aliphatic hydroxyl groups excluding tert-OH is 1. The molecule has 0 saturated carbocycles. The summed E-state index contributed by atoms with van der Waals surface area (Å²) in [6.07, 6.45) is 1.60. The maximum absolute atomic E-state index is 12.6. The lowest BCUT2D eigenvalue weighted by atomic mass is 10.0. The molecular weight excluding hydrogens is 294 g/mol. The first-order valence-corrected chi connectivity index (χ1v) is 7.20. The van der Waals surface area contributed by atoms with Crippen molar-refractivity contribution in [2.75, 3.05) is 31.6 Å². The Morgan fingerprint density at radius 1 is 1.41 bits per heavy atom. The van der Waals surface area contributed by atoms with Crippen molar-refractivity contribution in [3.05, 3.63) is 24.3 Å². The zero-order valence-electron chi connectivity index (χ0n) is 12.4. The lowest BCUT2D eigenvalue weighted by molar-refractivity contribution is -0.125. The second-order valence-electron chi connectivity index (χ2n) is 5.22. The number of hydrogen-bond acceptors (Lipinski definition) is 4. The smallest absolute Gasteiger partial charge is 0.387 e. The number of aliphatic hydroxyl groups is 1. The molecule has 0 radical (unpaired) electrons. The third-order valence-corrected chi connectivity index (χ3v) is 3.77. The molecule has 1 unspecified atom stereocenters. The number of carbonyl (C=O) groups excluding carboxylic acids is 1. The molecule has 122 valence electrons. The molecule has 0 bridgehead atoms. The van der Waals surface area contributed by atoms with Crippen LogP contribution in [0.25, 0.3) is 0 Å². The van der Waals surface area contributed by atoms with E-state index in [2.05, 4.69) is 4.74 Å². The SMILES string of the molecule is CN(CCO)C1CCCN(c2ccc(OC(F)F)cc2)C1=O. The maximum atomic E-state index is 12.6. The van der Waals surface area contributed by atoms with E-state index in [1.54, 1.807) is 17.0 Å². The van der Waals surface area contributed by atoms with E-state index < -0.39 is 6.61 Å². The first-order valence-electron chi connectivity index (χ1n) is 7.20. The lowest BCUT2D eigenvalue weighted by Gasteiger charge is -2.36. The summed E-state index contributed by atoms with van der Waals surface area (Å²) in [5.74, 6) is 0.0295. The molecule has 1 heterocycles. The molecule has 1 saturated heterocycles. The molecule has 1 aromatic rings. The van der Waals surface area contributed by atoms with E-state index >= 15 is 0 Å². The number of nitrogens with zero attached hydrogens (tertiary/aromatic N) is 2. The van der Waals surface area contributed by atoms with Crippen LogP contribution in [0.3, 0.4) is 0 Å². The molecule has 0 aromatic heterocycles. The third kappa shape index (κ3) is 3.92. The van der Waals surface area contributed by atoms with Crippen LogP contribution in [0.1, 0.15) is 12.8 Å². The average molecular weight is 314 g/mol. The molecule has 7 heteroatoms. The van der Waals surface area contributed by atoms with Crippen molar-refractivity contribution in [1.29, 1.82) is 0 Å². The number of carbonyl (C=O) groups is 1. The van der Waals surface area contributed by atoms with Crippen molar-refractivity contribution in [3.63, 3.8) is 0 Å². The van der Waals surface area contributed by atoms with Crippen molar-refractivity contribution in [2.45, 2.75) is 25.5 Å². The molecule has 1 aliphatic heterocycles. The summed E-state index contributed by atoms with van der Waals surface area (Å²) in [5, 5.41) is 9.00. The number of rotatable bonds is 6. The highest BCUT2D eigenvalue weighted by molar-refractivity contribution is 5.97. The summed E-state index contributed by atoms with van der Waals surface area (Å²) in [5.41, 5.74) is 0.661.